The van der Waals surface area contributed by atoms with Gasteiger partial charge in [-0.15, -0.1) is 0 Å². The van der Waals surface area contributed by atoms with Crippen molar-refractivity contribution in [2.75, 3.05) is 24.6 Å². The Bertz CT molecular complexity index is 343. The Morgan fingerprint density at radius 3 is 2.78 bits per heavy atom. The Hall–Kier alpha value is -1.00. The summed E-state index contributed by atoms with van der Waals surface area (Å²) in [5, 5.41) is 2.93. The number of hydrogen-bond donors (Lipinski definition) is 2. The molecule has 0 fully saturated rings. The van der Waals surface area contributed by atoms with Crippen molar-refractivity contribution in [1.82, 2.24) is 5.32 Å². The molecule has 0 aliphatic carbocycles. The first-order valence-corrected chi connectivity index (χ1v) is 7.46. The van der Waals surface area contributed by atoms with Crippen LogP contribution in [-0.4, -0.2) is 30.5 Å². The SMILES string of the molecule is CC(CN)CSCC(=O)NCCc1ccccc1. The van der Waals surface area contributed by atoms with Crippen LogP contribution < -0.4 is 11.1 Å². The molecule has 0 aliphatic heterocycles. The van der Waals surface area contributed by atoms with E-state index in [9.17, 15) is 4.79 Å². The summed E-state index contributed by atoms with van der Waals surface area (Å²) in [7, 11) is 0. The minimum absolute atomic E-state index is 0.111. The average molecular weight is 266 g/mol. The fraction of sp³-hybridized carbons (Fsp3) is 0.500. The maximum atomic E-state index is 11.5. The molecule has 3 nitrogen and oxygen atoms in total. The predicted octanol–water partition coefficient (Wildman–Crippen LogP) is 1.67. The fourth-order valence-corrected chi connectivity index (χ4v) is 2.41. The van der Waals surface area contributed by atoms with Gasteiger partial charge in [0.15, 0.2) is 0 Å². The van der Waals surface area contributed by atoms with Crippen LogP contribution in [0.15, 0.2) is 30.3 Å². The van der Waals surface area contributed by atoms with Gasteiger partial charge in [0.1, 0.15) is 0 Å². The van der Waals surface area contributed by atoms with Crippen LogP contribution in [0.25, 0.3) is 0 Å². The van der Waals surface area contributed by atoms with Crippen molar-refractivity contribution in [3.63, 3.8) is 0 Å². The van der Waals surface area contributed by atoms with Gasteiger partial charge < -0.3 is 11.1 Å². The van der Waals surface area contributed by atoms with E-state index in [1.165, 1.54) is 5.56 Å². The molecule has 1 unspecified atom stereocenters. The van der Waals surface area contributed by atoms with Crippen molar-refractivity contribution in [3.8, 4) is 0 Å². The first-order chi connectivity index (χ1) is 8.72. The molecular formula is C14H22N2OS. The molecule has 0 aromatic heterocycles. The zero-order chi connectivity index (χ0) is 13.2. The lowest BCUT2D eigenvalue weighted by Gasteiger charge is -2.08. The third-order valence-electron chi connectivity index (χ3n) is 2.62. The smallest absolute Gasteiger partial charge is 0.230 e. The van der Waals surface area contributed by atoms with Crippen LogP contribution in [0.5, 0.6) is 0 Å². The molecule has 100 valence electrons. The van der Waals surface area contributed by atoms with Crippen molar-refractivity contribution >= 4 is 17.7 Å². The molecule has 0 saturated carbocycles. The number of rotatable bonds is 8. The topological polar surface area (TPSA) is 55.1 Å². The maximum absolute atomic E-state index is 11.5. The second-order valence-corrected chi connectivity index (χ2v) is 5.47. The number of amides is 1. The Kier molecular flexibility index (Phi) is 7.53. The van der Waals surface area contributed by atoms with E-state index >= 15 is 0 Å². The lowest BCUT2D eigenvalue weighted by molar-refractivity contribution is -0.118. The van der Waals surface area contributed by atoms with Gasteiger partial charge in [0.25, 0.3) is 0 Å². The minimum atomic E-state index is 0.111. The van der Waals surface area contributed by atoms with Crippen LogP contribution in [0.2, 0.25) is 0 Å². The number of carbonyl (C=O) groups excluding carboxylic acids is 1. The monoisotopic (exact) mass is 266 g/mol. The highest BCUT2D eigenvalue weighted by Crippen LogP contribution is 2.06. The molecule has 18 heavy (non-hydrogen) atoms. The highest BCUT2D eigenvalue weighted by atomic mass is 32.2. The van der Waals surface area contributed by atoms with E-state index in [4.69, 9.17) is 5.73 Å². The first kappa shape index (κ1) is 15.1. The summed E-state index contributed by atoms with van der Waals surface area (Å²) in [4.78, 5) is 11.5. The Balaban J connectivity index is 2.07. The molecule has 0 bridgehead atoms. The molecule has 4 heteroatoms. The minimum Gasteiger partial charge on any atom is -0.355 e. The summed E-state index contributed by atoms with van der Waals surface area (Å²) in [6, 6.07) is 10.2. The van der Waals surface area contributed by atoms with Gasteiger partial charge in [0.05, 0.1) is 5.75 Å². The highest BCUT2D eigenvalue weighted by Gasteiger charge is 2.03. The van der Waals surface area contributed by atoms with Gasteiger partial charge in [0.2, 0.25) is 5.91 Å². The van der Waals surface area contributed by atoms with E-state index in [-0.39, 0.29) is 5.91 Å². The number of nitrogens with two attached hydrogens (primary N) is 1. The van der Waals surface area contributed by atoms with Crippen molar-refractivity contribution in [2.24, 2.45) is 11.7 Å². The van der Waals surface area contributed by atoms with E-state index in [1.807, 2.05) is 18.2 Å². The predicted molar refractivity (Wildman–Crippen MR) is 78.7 cm³/mol. The fourth-order valence-electron chi connectivity index (χ4n) is 1.46. The molecule has 0 radical (unpaired) electrons. The van der Waals surface area contributed by atoms with Gasteiger partial charge in [-0.05, 0) is 30.2 Å². The van der Waals surface area contributed by atoms with Crippen LogP contribution >= 0.6 is 11.8 Å². The van der Waals surface area contributed by atoms with Crippen LogP contribution in [-0.2, 0) is 11.2 Å². The van der Waals surface area contributed by atoms with Gasteiger partial charge in [-0.2, -0.15) is 11.8 Å². The summed E-state index contributed by atoms with van der Waals surface area (Å²) >= 11 is 1.65. The normalized spacial score (nSPS) is 12.1. The van der Waals surface area contributed by atoms with Gasteiger partial charge in [-0.1, -0.05) is 37.3 Å². The molecule has 0 aliphatic rings. The Labute approximate surface area is 114 Å². The maximum Gasteiger partial charge on any atom is 0.230 e. The van der Waals surface area contributed by atoms with Crippen LogP contribution in [0.1, 0.15) is 12.5 Å². The van der Waals surface area contributed by atoms with Gasteiger partial charge >= 0.3 is 0 Å². The number of carbonyl (C=O) groups is 1. The van der Waals surface area contributed by atoms with Crippen LogP contribution in [0.4, 0.5) is 0 Å². The Morgan fingerprint density at radius 2 is 2.11 bits per heavy atom. The van der Waals surface area contributed by atoms with E-state index in [0.29, 0.717) is 24.8 Å². The molecule has 1 rings (SSSR count). The average Bonchev–Trinajstić information content (AvgIpc) is 2.39. The van der Waals surface area contributed by atoms with Gasteiger partial charge in [-0.25, -0.2) is 0 Å². The first-order valence-electron chi connectivity index (χ1n) is 6.30. The van der Waals surface area contributed by atoms with Crippen molar-refractivity contribution in [3.05, 3.63) is 35.9 Å². The summed E-state index contributed by atoms with van der Waals surface area (Å²) in [5.74, 6) is 2.06. The van der Waals surface area contributed by atoms with E-state index in [0.717, 1.165) is 12.2 Å². The largest absolute Gasteiger partial charge is 0.355 e. The lowest BCUT2D eigenvalue weighted by Crippen LogP contribution is -2.27. The molecule has 0 saturated heterocycles. The summed E-state index contributed by atoms with van der Waals surface area (Å²) in [6.07, 6.45) is 0.885. The van der Waals surface area contributed by atoms with Crippen LogP contribution in [0.3, 0.4) is 0 Å². The highest BCUT2D eigenvalue weighted by molar-refractivity contribution is 7.99. The second kappa shape index (κ2) is 9.00. The second-order valence-electron chi connectivity index (χ2n) is 4.44. The lowest BCUT2D eigenvalue weighted by atomic mass is 10.1. The molecule has 1 aromatic carbocycles. The summed E-state index contributed by atoms with van der Waals surface area (Å²) in [6.45, 7) is 3.48. The van der Waals surface area contributed by atoms with Crippen molar-refractivity contribution in [2.45, 2.75) is 13.3 Å². The third kappa shape index (κ3) is 6.67. The third-order valence-corrected chi connectivity index (χ3v) is 3.89. The number of thioether (sulfide) groups is 1. The number of hydrogen-bond acceptors (Lipinski definition) is 3. The summed E-state index contributed by atoms with van der Waals surface area (Å²) in [5.41, 5.74) is 6.77. The standard InChI is InChI=1S/C14H22N2OS/c1-12(9-15)10-18-11-14(17)16-8-7-13-5-3-2-4-6-13/h2-6,12H,7-11,15H2,1H3,(H,16,17). The zero-order valence-electron chi connectivity index (χ0n) is 10.9. The molecule has 1 atom stereocenters. The molecule has 1 amide bonds. The molecule has 0 heterocycles. The van der Waals surface area contributed by atoms with Gasteiger partial charge in [0, 0.05) is 6.54 Å². The summed E-state index contributed by atoms with van der Waals surface area (Å²) < 4.78 is 0. The van der Waals surface area contributed by atoms with E-state index < -0.39 is 0 Å². The number of benzene rings is 1. The molecule has 3 N–H and O–H groups in total. The quantitative estimate of drug-likeness (QED) is 0.752. The van der Waals surface area contributed by atoms with E-state index in [1.54, 1.807) is 11.8 Å². The van der Waals surface area contributed by atoms with Crippen molar-refractivity contribution < 1.29 is 4.79 Å². The number of nitrogens with one attached hydrogen (secondary N) is 1. The molecular weight excluding hydrogens is 244 g/mol. The van der Waals surface area contributed by atoms with Gasteiger partial charge in [-0.3, -0.25) is 4.79 Å². The zero-order valence-corrected chi connectivity index (χ0v) is 11.7. The Morgan fingerprint density at radius 1 is 1.39 bits per heavy atom. The molecule has 1 aromatic rings. The van der Waals surface area contributed by atoms with E-state index in [2.05, 4.69) is 24.4 Å². The molecule has 0 spiro atoms. The van der Waals surface area contributed by atoms with Crippen LogP contribution in [0, 0.1) is 5.92 Å². The van der Waals surface area contributed by atoms with Crippen molar-refractivity contribution in [1.29, 1.82) is 0 Å².